The number of rotatable bonds is 8. The minimum Gasteiger partial charge on any atom is -0.492 e. The van der Waals surface area contributed by atoms with E-state index in [4.69, 9.17) is 10.5 Å². The van der Waals surface area contributed by atoms with E-state index in [-0.39, 0.29) is 5.91 Å². The molecule has 5 heteroatoms. The van der Waals surface area contributed by atoms with Gasteiger partial charge in [0.2, 0.25) is 0 Å². The van der Waals surface area contributed by atoms with Crippen molar-refractivity contribution in [2.75, 3.05) is 24.2 Å². The fourth-order valence-corrected chi connectivity index (χ4v) is 2.62. The number of thioether (sulfide) groups is 1. The second-order valence-corrected chi connectivity index (χ2v) is 6.22. The first-order valence-electron chi connectivity index (χ1n) is 7.64. The number of nitrogens with two attached hydrogens (primary N) is 1. The fourth-order valence-electron chi connectivity index (χ4n) is 1.99. The fraction of sp³-hybridized carbons (Fsp3) is 0.278. The molecular weight excluding hydrogens is 308 g/mol. The molecule has 0 unspecified atom stereocenters. The number of amides is 1. The Balaban J connectivity index is 1.93. The van der Waals surface area contributed by atoms with Gasteiger partial charge in [0, 0.05) is 23.5 Å². The molecule has 122 valence electrons. The van der Waals surface area contributed by atoms with E-state index in [9.17, 15) is 4.79 Å². The van der Waals surface area contributed by atoms with Gasteiger partial charge in [-0.25, -0.2) is 0 Å². The summed E-state index contributed by atoms with van der Waals surface area (Å²) in [5.41, 5.74) is 8.01. The molecule has 1 amide bonds. The van der Waals surface area contributed by atoms with Crippen molar-refractivity contribution >= 4 is 23.4 Å². The number of hydrogen-bond acceptors (Lipinski definition) is 4. The summed E-state index contributed by atoms with van der Waals surface area (Å²) in [5.74, 6) is 2.69. The van der Waals surface area contributed by atoms with Crippen LogP contribution in [0.3, 0.4) is 0 Å². The number of ether oxygens (including phenoxy) is 1. The van der Waals surface area contributed by atoms with Gasteiger partial charge < -0.3 is 15.8 Å². The Bertz CT molecular complexity index is 612. The van der Waals surface area contributed by atoms with Crippen LogP contribution in [-0.2, 0) is 5.75 Å². The molecule has 0 aliphatic heterocycles. The molecule has 0 spiro atoms. The van der Waals surface area contributed by atoms with Gasteiger partial charge in [-0.1, -0.05) is 19.1 Å². The van der Waals surface area contributed by atoms with Gasteiger partial charge in [0.25, 0.3) is 5.91 Å². The Morgan fingerprint density at radius 1 is 1.13 bits per heavy atom. The highest BCUT2D eigenvalue weighted by molar-refractivity contribution is 7.98. The maximum atomic E-state index is 12.2. The van der Waals surface area contributed by atoms with Crippen molar-refractivity contribution in [2.45, 2.75) is 12.7 Å². The van der Waals surface area contributed by atoms with Crippen molar-refractivity contribution in [3.63, 3.8) is 0 Å². The minimum absolute atomic E-state index is 0.115. The van der Waals surface area contributed by atoms with Crippen LogP contribution in [0.25, 0.3) is 0 Å². The molecular formula is C18H22N2O2S. The Kier molecular flexibility index (Phi) is 6.97. The van der Waals surface area contributed by atoms with Gasteiger partial charge in [-0.2, -0.15) is 11.8 Å². The minimum atomic E-state index is -0.115. The van der Waals surface area contributed by atoms with Crippen molar-refractivity contribution < 1.29 is 9.53 Å². The molecule has 0 bridgehead atoms. The molecule has 0 aromatic heterocycles. The number of hydrogen-bond donors (Lipinski definition) is 2. The summed E-state index contributed by atoms with van der Waals surface area (Å²) in [6, 6.07) is 15.0. The molecule has 2 rings (SSSR count). The van der Waals surface area contributed by atoms with Crippen LogP contribution < -0.4 is 15.8 Å². The van der Waals surface area contributed by atoms with Crippen molar-refractivity contribution in [1.29, 1.82) is 0 Å². The van der Waals surface area contributed by atoms with E-state index >= 15 is 0 Å². The predicted octanol–water partition coefficient (Wildman–Crippen LogP) is 3.53. The summed E-state index contributed by atoms with van der Waals surface area (Å²) in [4.78, 5) is 12.2. The van der Waals surface area contributed by atoms with Crippen molar-refractivity contribution in [2.24, 2.45) is 5.73 Å². The predicted molar refractivity (Wildman–Crippen MR) is 97.2 cm³/mol. The summed E-state index contributed by atoms with van der Waals surface area (Å²) >= 11 is 1.86. The van der Waals surface area contributed by atoms with Gasteiger partial charge in [0.1, 0.15) is 12.4 Å². The molecule has 3 N–H and O–H groups in total. The lowest BCUT2D eigenvalue weighted by Crippen LogP contribution is -2.12. The van der Waals surface area contributed by atoms with Gasteiger partial charge >= 0.3 is 0 Å². The van der Waals surface area contributed by atoms with Crippen LogP contribution in [0.2, 0.25) is 0 Å². The average Bonchev–Trinajstić information content (AvgIpc) is 2.59. The topological polar surface area (TPSA) is 64.3 Å². The smallest absolute Gasteiger partial charge is 0.255 e. The van der Waals surface area contributed by atoms with Crippen molar-refractivity contribution in [1.82, 2.24) is 0 Å². The van der Waals surface area contributed by atoms with E-state index in [0.29, 0.717) is 18.7 Å². The van der Waals surface area contributed by atoms with Crippen molar-refractivity contribution in [3.05, 3.63) is 59.7 Å². The van der Waals surface area contributed by atoms with E-state index < -0.39 is 0 Å². The Labute approximate surface area is 141 Å². The Morgan fingerprint density at radius 3 is 2.43 bits per heavy atom. The van der Waals surface area contributed by atoms with Gasteiger partial charge in [-0.15, -0.1) is 0 Å². The van der Waals surface area contributed by atoms with Crippen LogP contribution in [0, 0.1) is 0 Å². The monoisotopic (exact) mass is 330 g/mol. The standard InChI is InChI=1S/C18H22N2O2S/c1-2-23-13-14-3-5-15(6-4-14)18(21)20-16-7-9-17(10-8-16)22-12-11-19/h3-10H,2,11-13,19H2,1H3,(H,20,21). The molecule has 0 saturated carbocycles. The molecule has 2 aromatic rings. The molecule has 0 aliphatic rings. The number of nitrogens with one attached hydrogen (secondary N) is 1. The summed E-state index contributed by atoms with van der Waals surface area (Å²) in [6.45, 7) is 3.10. The molecule has 4 nitrogen and oxygen atoms in total. The highest BCUT2D eigenvalue weighted by Gasteiger charge is 2.06. The third-order valence-corrected chi connectivity index (χ3v) is 4.13. The highest BCUT2D eigenvalue weighted by Crippen LogP contribution is 2.17. The molecule has 0 atom stereocenters. The van der Waals surface area contributed by atoms with Crippen molar-refractivity contribution in [3.8, 4) is 5.75 Å². The second kappa shape index (κ2) is 9.22. The van der Waals surface area contributed by atoms with E-state index in [2.05, 4.69) is 12.2 Å². The van der Waals surface area contributed by atoms with Crippen LogP contribution in [0.5, 0.6) is 5.75 Å². The lowest BCUT2D eigenvalue weighted by molar-refractivity contribution is 0.102. The second-order valence-electron chi connectivity index (χ2n) is 4.95. The maximum absolute atomic E-state index is 12.2. The quantitative estimate of drug-likeness (QED) is 0.777. The lowest BCUT2D eigenvalue weighted by atomic mass is 10.1. The SMILES string of the molecule is CCSCc1ccc(C(=O)Nc2ccc(OCCN)cc2)cc1. The number of carbonyl (C=O) groups excluding carboxylic acids is 1. The Hall–Kier alpha value is -1.98. The van der Waals surface area contributed by atoms with Gasteiger partial charge in [-0.3, -0.25) is 4.79 Å². The first kappa shape index (κ1) is 17.4. The lowest BCUT2D eigenvalue weighted by Gasteiger charge is -2.08. The van der Waals surface area contributed by atoms with Gasteiger partial charge in [0.15, 0.2) is 0 Å². The van der Waals surface area contributed by atoms with E-state index in [1.165, 1.54) is 5.56 Å². The largest absolute Gasteiger partial charge is 0.492 e. The molecule has 0 saturated heterocycles. The average molecular weight is 330 g/mol. The molecule has 23 heavy (non-hydrogen) atoms. The summed E-state index contributed by atoms with van der Waals surface area (Å²) in [7, 11) is 0. The Morgan fingerprint density at radius 2 is 1.83 bits per heavy atom. The van der Waals surface area contributed by atoms with Crippen LogP contribution in [0.15, 0.2) is 48.5 Å². The zero-order valence-corrected chi connectivity index (χ0v) is 14.1. The van der Waals surface area contributed by atoms with Gasteiger partial charge in [0.05, 0.1) is 0 Å². The summed E-state index contributed by atoms with van der Waals surface area (Å²) in [5, 5.41) is 2.88. The zero-order valence-electron chi connectivity index (χ0n) is 13.2. The van der Waals surface area contributed by atoms with Crippen LogP contribution in [0.1, 0.15) is 22.8 Å². The maximum Gasteiger partial charge on any atom is 0.255 e. The number of benzene rings is 2. The molecule has 0 aliphatic carbocycles. The number of carbonyl (C=O) groups is 1. The third kappa shape index (κ3) is 5.62. The van der Waals surface area contributed by atoms with E-state index in [0.717, 1.165) is 22.9 Å². The summed E-state index contributed by atoms with van der Waals surface area (Å²) < 4.78 is 5.41. The third-order valence-electron chi connectivity index (χ3n) is 3.19. The first-order valence-corrected chi connectivity index (χ1v) is 8.79. The molecule has 0 fully saturated rings. The van der Waals surface area contributed by atoms with E-state index in [1.54, 1.807) is 0 Å². The summed E-state index contributed by atoms with van der Waals surface area (Å²) in [6.07, 6.45) is 0. The van der Waals surface area contributed by atoms with Crippen LogP contribution >= 0.6 is 11.8 Å². The first-order chi connectivity index (χ1) is 11.2. The van der Waals surface area contributed by atoms with E-state index in [1.807, 2.05) is 60.3 Å². The zero-order chi connectivity index (χ0) is 16.5. The van der Waals surface area contributed by atoms with Gasteiger partial charge in [-0.05, 0) is 47.7 Å². The molecule has 0 heterocycles. The van der Waals surface area contributed by atoms with Crippen LogP contribution in [0.4, 0.5) is 5.69 Å². The normalized spacial score (nSPS) is 10.3. The van der Waals surface area contributed by atoms with Crippen LogP contribution in [-0.4, -0.2) is 24.8 Å². The molecule has 2 aromatic carbocycles. The number of anilines is 1. The highest BCUT2D eigenvalue weighted by atomic mass is 32.2. The molecule has 0 radical (unpaired) electrons.